The number of aliphatic hydroxyl groups is 1. The predicted octanol–water partition coefficient (Wildman–Crippen LogP) is -0.179. The fourth-order valence-electron chi connectivity index (χ4n) is 3.46. The molecule has 0 bridgehead atoms. The first-order chi connectivity index (χ1) is 10.7. The first-order valence-electron chi connectivity index (χ1n) is 7.56. The number of imide groups is 1. The number of aromatic nitrogens is 1. The number of pyridine rings is 1. The summed E-state index contributed by atoms with van der Waals surface area (Å²) in [4.78, 5) is 30.5. The molecule has 1 aromatic rings. The Balaban J connectivity index is 2.04. The number of hydrogen-bond donors (Lipinski definition) is 3. The third-order valence-electron chi connectivity index (χ3n) is 4.52. The Morgan fingerprint density at radius 2 is 2.14 bits per heavy atom. The van der Waals surface area contributed by atoms with Gasteiger partial charge in [-0.25, -0.2) is 4.79 Å². The molecule has 22 heavy (non-hydrogen) atoms. The van der Waals surface area contributed by atoms with E-state index in [0.29, 0.717) is 5.56 Å². The Kier molecular flexibility index (Phi) is 4.08. The first kappa shape index (κ1) is 14.9. The maximum atomic E-state index is 13.0. The van der Waals surface area contributed by atoms with Crippen LogP contribution >= 0.6 is 0 Å². The van der Waals surface area contributed by atoms with Gasteiger partial charge in [-0.2, -0.15) is 0 Å². The summed E-state index contributed by atoms with van der Waals surface area (Å²) < 4.78 is 0. The van der Waals surface area contributed by atoms with Gasteiger partial charge >= 0.3 is 6.03 Å². The second-order valence-electron chi connectivity index (χ2n) is 5.68. The van der Waals surface area contributed by atoms with E-state index in [2.05, 4.69) is 15.6 Å². The Hall–Kier alpha value is -1.99. The van der Waals surface area contributed by atoms with Gasteiger partial charge in [-0.3, -0.25) is 14.7 Å². The summed E-state index contributed by atoms with van der Waals surface area (Å²) in [5.41, 5.74) is -0.358. The smallest absolute Gasteiger partial charge is 0.325 e. The zero-order chi connectivity index (χ0) is 15.6. The Bertz CT molecular complexity index is 559. The van der Waals surface area contributed by atoms with Crippen molar-refractivity contribution >= 4 is 11.9 Å². The number of nitrogens with one attached hydrogen (secondary N) is 2. The summed E-state index contributed by atoms with van der Waals surface area (Å²) in [5.74, 6) is -0.274. The molecule has 0 aliphatic carbocycles. The van der Waals surface area contributed by atoms with Crippen molar-refractivity contribution in [3.8, 4) is 0 Å². The third kappa shape index (κ3) is 2.26. The van der Waals surface area contributed by atoms with Gasteiger partial charge in [0.2, 0.25) is 0 Å². The summed E-state index contributed by atoms with van der Waals surface area (Å²) in [6.07, 6.45) is 4.89. The molecule has 0 unspecified atom stereocenters. The summed E-state index contributed by atoms with van der Waals surface area (Å²) in [7, 11) is 0. The average molecular weight is 304 g/mol. The van der Waals surface area contributed by atoms with E-state index >= 15 is 0 Å². The van der Waals surface area contributed by atoms with E-state index in [1.165, 1.54) is 0 Å². The number of urea groups is 1. The maximum Gasteiger partial charge on any atom is 0.325 e. The van der Waals surface area contributed by atoms with Crippen LogP contribution in [0.5, 0.6) is 0 Å². The number of piperidine rings is 1. The molecule has 0 aromatic carbocycles. The highest BCUT2D eigenvalue weighted by Crippen LogP contribution is 2.40. The van der Waals surface area contributed by atoms with Crippen molar-refractivity contribution in [3.63, 3.8) is 0 Å². The molecule has 118 valence electrons. The zero-order valence-corrected chi connectivity index (χ0v) is 12.3. The molecule has 1 aromatic heterocycles. The lowest BCUT2D eigenvalue weighted by atomic mass is 9.74. The first-order valence-corrected chi connectivity index (χ1v) is 7.56. The molecule has 0 radical (unpaired) electrons. The Morgan fingerprint density at radius 3 is 2.77 bits per heavy atom. The van der Waals surface area contributed by atoms with Crippen molar-refractivity contribution in [3.05, 3.63) is 30.1 Å². The molecule has 0 saturated carbocycles. The van der Waals surface area contributed by atoms with Crippen LogP contribution in [0.15, 0.2) is 24.5 Å². The zero-order valence-electron chi connectivity index (χ0n) is 12.3. The van der Waals surface area contributed by atoms with Crippen molar-refractivity contribution in [1.82, 2.24) is 20.5 Å². The second kappa shape index (κ2) is 6.02. The lowest BCUT2D eigenvalue weighted by Gasteiger charge is -2.37. The molecule has 1 atom stereocenters. The molecule has 2 fully saturated rings. The van der Waals surface area contributed by atoms with Gasteiger partial charge in [0.15, 0.2) is 5.54 Å². The van der Waals surface area contributed by atoms with Gasteiger partial charge in [0.25, 0.3) is 5.91 Å². The topological polar surface area (TPSA) is 94.6 Å². The van der Waals surface area contributed by atoms with E-state index in [1.807, 2.05) is 6.07 Å². The predicted molar refractivity (Wildman–Crippen MR) is 78.8 cm³/mol. The van der Waals surface area contributed by atoms with Gasteiger partial charge in [0.1, 0.15) is 0 Å². The number of rotatable bonds is 4. The second-order valence-corrected chi connectivity index (χ2v) is 5.68. The fraction of sp³-hybridized carbons (Fsp3) is 0.533. The molecule has 2 aliphatic heterocycles. The fourth-order valence-corrected chi connectivity index (χ4v) is 3.46. The van der Waals surface area contributed by atoms with Gasteiger partial charge in [0, 0.05) is 18.0 Å². The van der Waals surface area contributed by atoms with Crippen LogP contribution in [-0.2, 0) is 10.3 Å². The maximum absolute atomic E-state index is 13.0. The molecule has 3 rings (SSSR count). The van der Waals surface area contributed by atoms with Gasteiger partial charge < -0.3 is 15.7 Å². The summed E-state index contributed by atoms with van der Waals surface area (Å²) >= 11 is 0. The number of amides is 3. The van der Waals surface area contributed by atoms with E-state index < -0.39 is 11.6 Å². The highest BCUT2D eigenvalue weighted by Gasteiger charge is 2.56. The number of carbonyl (C=O) groups is 2. The Morgan fingerprint density at radius 1 is 1.36 bits per heavy atom. The van der Waals surface area contributed by atoms with Crippen molar-refractivity contribution in [1.29, 1.82) is 0 Å². The normalized spacial score (nSPS) is 26.3. The lowest BCUT2D eigenvalue weighted by Crippen LogP contribution is -2.53. The van der Waals surface area contributed by atoms with E-state index in [9.17, 15) is 9.59 Å². The summed E-state index contributed by atoms with van der Waals surface area (Å²) in [6.45, 7) is 1.40. The minimum Gasteiger partial charge on any atom is -0.395 e. The van der Waals surface area contributed by atoms with Gasteiger partial charge in [-0.15, -0.1) is 0 Å². The minimum atomic E-state index is -1.07. The minimum absolute atomic E-state index is 0.0116. The number of carbonyl (C=O) groups excluding carboxylic acids is 2. The van der Waals surface area contributed by atoms with E-state index in [-0.39, 0.29) is 25.0 Å². The van der Waals surface area contributed by atoms with Crippen molar-refractivity contribution < 1.29 is 14.7 Å². The van der Waals surface area contributed by atoms with Gasteiger partial charge in [0.05, 0.1) is 13.2 Å². The van der Waals surface area contributed by atoms with Gasteiger partial charge in [-0.05, 0) is 37.9 Å². The number of aliphatic hydroxyl groups excluding tert-OH is 1. The van der Waals surface area contributed by atoms with Crippen LogP contribution in [0.3, 0.4) is 0 Å². The van der Waals surface area contributed by atoms with Crippen molar-refractivity contribution in [2.24, 2.45) is 5.92 Å². The Labute approximate surface area is 128 Å². The molecular weight excluding hydrogens is 284 g/mol. The quantitative estimate of drug-likeness (QED) is 0.671. The van der Waals surface area contributed by atoms with E-state index in [1.54, 1.807) is 18.5 Å². The monoisotopic (exact) mass is 304 g/mol. The number of β-amino-alcohol motifs (C(OH)–C–C–N with tert-alkyl or cyclic N) is 1. The molecule has 7 nitrogen and oxygen atoms in total. The molecule has 7 heteroatoms. The van der Waals surface area contributed by atoms with Crippen LogP contribution in [0, 0.1) is 5.92 Å². The highest BCUT2D eigenvalue weighted by molar-refractivity contribution is 6.07. The summed E-state index contributed by atoms with van der Waals surface area (Å²) in [5, 5.41) is 15.3. The van der Waals surface area contributed by atoms with E-state index in [0.717, 1.165) is 30.8 Å². The molecular formula is C15H20N4O3. The average Bonchev–Trinajstić information content (AvgIpc) is 2.82. The molecule has 3 heterocycles. The van der Waals surface area contributed by atoms with Crippen molar-refractivity contribution in [2.45, 2.75) is 18.4 Å². The molecule has 2 aliphatic rings. The van der Waals surface area contributed by atoms with Crippen LogP contribution in [0.2, 0.25) is 0 Å². The van der Waals surface area contributed by atoms with Crippen LogP contribution in [0.1, 0.15) is 18.4 Å². The molecule has 3 N–H and O–H groups in total. The standard InChI is InChI=1S/C15H20N4O3/c20-9-8-19-13(21)15(18-14(19)22,11-3-6-16-7-4-11)12-2-1-5-17-10-12/h1-2,5,10-11,16,20H,3-4,6-9H2,(H,18,22)/t15-/m1/s1. The molecule has 3 amide bonds. The van der Waals surface area contributed by atoms with Crippen LogP contribution in [-0.4, -0.2) is 53.2 Å². The van der Waals surface area contributed by atoms with Crippen LogP contribution in [0.4, 0.5) is 4.79 Å². The highest BCUT2D eigenvalue weighted by atomic mass is 16.3. The largest absolute Gasteiger partial charge is 0.395 e. The van der Waals surface area contributed by atoms with Crippen molar-refractivity contribution in [2.75, 3.05) is 26.2 Å². The molecule has 0 spiro atoms. The summed E-state index contributed by atoms with van der Waals surface area (Å²) in [6, 6.07) is 3.16. The van der Waals surface area contributed by atoms with E-state index in [4.69, 9.17) is 5.11 Å². The number of nitrogens with zero attached hydrogens (tertiary/aromatic N) is 2. The van der Waals surface area contributed by atoms with Gasteiger partial charge in [-0.1, -0.05) is 6.07 Å². The number of hydrogen-bond acceptors (Lipinski definition) is 5. The lowest BCUT2D eigenvalue weighted by molar-refractivity contribution is -0.134. The third-order valence-corrected chi connectivity index (χ3v) is 4.52. The van der Waals surface area contributed by atoms with Crippen LogP contribution < -0.4 is 10.6 Å². The SMILES string of the molecule is O=C1N[C@@](c2cccnc2)(C2CCNCC2)C(=O)N1CCO. The molecule has 2 saturated heterocycles. The van der Waals surface area contributed by atoms with Crippen LogP contribution in [0.25, 0.3) is 0 Å².